The minimum Gasteiger partial charge on any atom is -0.305 e. The van der Waals surface area contributed by atoms with Crippen LogP contribution in [-0.4, -0.2) is 26.3 Å². The fraction of sp³-hybridized carbons (Fsp3) is 0.389. The molecule has 2 N–H and O–H groups in total. The van der Waals surface area contributed by atoms with Gasteiger partial charge in [0.15, 0.2) is 5.52 Å². The van der Waals surface area contributed by atoms with Gasteiger partial charge in [-0.15, -0.1) is 0 Å². The number of hydrogen-bond acceptors (Lipinski definition) is 4. The van der Waals surface area contributed by atoms with Crippen molar-refractivity contribution in [2.45, 2.75) is 38.8 Å². The maximum Gasteiger partial charge on any atom is 0.282 e. The molecule has 0 bridgehead atoms. The first-order valence-corrected chi connectivity index (χ1v) is 8.41. The molecule has 1 aliphatic heterocycles. The molecule has 1 unspecified atom stereocenters. The average molecular weight is 323 g/mol. The lowest BCUT2D eigenvalue weighted by Crippen LogP contribution is -2.41. The standard InChI is InChI=1S/C18H21N5O/c1-11(2)14-15-16(22-21-14)18(24)23-9-8-19-13(17(23)20-15)10-12-6-4-3-5-7-12/h3-7,11,13,19H,8-10H2,1-2H3,(H,21,22). The summed E-state index contributed by atoms with van der Waals surface area (Å²) in [6.45, 7) is 5.54. The van der Waals surface area contributed by atoms with E-state index >= 15 is 0 Å². The number of H-pyrrole nitrogens is 1. The van der Waals surface area contributed by atoms with Crippen molar-refractivity contribution in [3.8, 4) is 0 Å². The minimum absolute atomic E-state index is 0.0353. The van der Waals surface area contributed by atoms with Gasteiger partial charge in [0.2, 0.25) is 0 Å². The van der Waals surface area contributed by atoms with E-state index in [2.05, 4.69) is 41.5 Å². The molecule has 0 radical (unpaired) electrons. The molecule has 2 aromatic heterocycles. The third-order valence-corrected chi connectivity index (χ3v) is 4.62. The van der Waals surface area contributed by atoms with Crippen molar-refractivity contribution in [2.24, 2.45) is 0 Å². The van der Waals surface area contributed by atoms with Crippen LogP contribution in [0.4, 0.5) is 0 Å². The molecule has 0 saturated carbocycles. The third kappa shape index (κ3) is 2.43. The van der Waals surface area contributed by atoms with Gasteiger partial charge >= 0.3 is 0 Å². The monoisotopic (exact) mass is 323 g/mol. The first-order chi connectivity index (χ1) is 11.6. The number of nitrogens with zero attached hydrogens (tertiary/aromatic N) is 3. The second-order valence-electron chi connectivity index (χ2n) is 6.61. The van der Waals surface area contributed by atoms with Crippen LogP contribution in [0.3, 0.4) is 0 Å². The average Bonchev–Trinajstić information content (AvgIpc) is 3.01. The second-order valence-corrected chi connectivity index (χ2v) is 6.61. The number of hydrogen-bond donors (Lipinski definition) is 2. The molecular formula is C18H21N5O. The van der Waals surface area contributed by atoms with Gasteiger partial charge in [0, 0.05) is 13.1 Å². The normalized spacial score (nSPS) is 17.4. The van der Waals surface area contributed by atoms with Gasteiger partial charge < -0.3 is 5.32 Å². The van der Waals surface area contributed by atoms with Gasteiger partial charge in [-0.05, 0) is 17.9 Å². The molecule has 0 amide bonds. The topological polar surface area (TPSA) is 75.6 Å². The van der Waals surface area contributed by atoms with Crippen LogP contribution in [0, 0.1) is 0 Å². The zero-order chi connectivity index (χ0) is 16.7. The lowest BCUT2D eigenvalue weighted by Gasteiger charge is -2.27. The molecule has 0 fully saturated rings. The summed E-state index contributed by atoms with van der Waals surface area (Å²) >= 11 is 0. The van der Waals surface area contributed by atoms with Crippen molar-refractivity contribution < 1.29 is 0 Å². The Bertz CT molecular complexity index is 926. The summed E-state index contributed by atoms with van der Waals surface area (Å²) in [6.07, 6.45) is 0.813. The molecule has 1 aromatic carbocycles. The molecule has 0 aliphatic carbocycles. The van der Waals surface area contributed by atoms with Crippen molar-refractivity contribution in [1.29, 1.82) is 0 Å². The summed E-state index contributed by atoms with van der Waals surface area (Å²) in [4.78, 5) is 17.7. The van der Waals surface area contributed by atoms with E-state index in [1.807, 2.05) is 18.2 Å². The summed E-state index contributed by atoms with van der Waals surface area (Å²) in [5.41, 5.74) is 3.27. The van der Waals surface area contributed by atoms with Crippen LogP contribution >= 0.6 is 0 Å². The van der Waals surface area contributed by atoms with E-state index in [4.69, 9.17) is 4.98 Å². The van der Waals surface area contributed by atoms with Gasteiger partial charge in [-0.1, -0.05) is 44.2 Å². The largest absolute Gasteiger partial charge is 0.305 e. The van der Waals surface area contributed by atoms with E-state index in [-0.39, 0.29) is 17.5 Å². The Morgan fingerprint density at radius 3 is 2.79 bits per heavy atom. The van der Waals surface area contributed by atoms with Crippen molar-refractivity contribution in [3.05, 3.63) is 57.8 Å². The number of benzene rings is 1. The highest BCUT2D eigenvalue weighted by atomic mass is 16.1. The van der Waals surface area contributed by atoms with Gasteiger partial charge in [-0.25, -0.2) is 4.98 Å². The minimum atomic E-state index is -0.0438. The van der Waals surface area contributed by atoms with E-state index in [9.17, 15) is 4.79 Å². The zero-order valence-corrected chi connectivity index (χ0v) is 13.9. The SMILES string of the molecule is CC(C)c1[nH]nc2c(=O)n3c(nc12)C(Cc1ccccc1)NCC3. The molecule has 6 heteroatoms. The fourth-order valence-electron chi connectivity index (χ4n) is 3.36. The lowest BCUT2D eigenvalue weighted by atomic mass is 10.0. The van der Waals surface area contributed by atoms with Gasteiger partial charge in [0.1, 0.15) is 11.3 Å². The quantitative estimate of drug-likeness (QED) is 0.774. The van der Waals surface area contributed by atoms with E-state index in [0.29, 0.717) is 17.6 Å². The Kier molecular flexibility index (Phi) is 3.69. The first-order valence-electron chi connectivity index (χ1n) is 8.41. The smallest absolute Gasteiger partial charge is 0.282 e. The maximum absolute atomic E-state index is 12.8. The summed E-state index contributed by atoms with van der Waals surface area (Å²) in [5.74, 6) is 1.06. The predicted octanol–water partition coefficient (Wildman–Crippen LogP) is 2.13. The first kappa shape index (κ1) is 15.1. The Morgan fingerprint density at radius 2 is 2.04 bits per heavy atom. The van der Waals surface area contributed by atoms with Crippen LogP contribution in [0.15, 0.2) is 35.1 Å². The van der Waals surface area contributed by atoms with Crippen molar-refractivity contribution in [1.82, 2.24) is 25.1 Å². The summed E-state index contributed by atoms with van der Waals surface area (Å²) in [5, 5.41) is 10.7. The maximum atomic E-state index is 12.8. The molecule has 6 nitrogen and oxygen atoms in total. The molecule has 0 spiro atoms. The highest BCUT2D eigenvalue weighted by Crippen LogP contribution is 2.24. The highest BCUT2D eigenvalue weighted by molar-refractivity contribution is 5.76. The Labute approximate surface area is 139 Å². The molecule has 3 aromatic rings. The molecule has 1 atom stereocenters. The molecule has 0 saturated heterocycles. The molecule has 124 valence electrons. The van der Waals surface area contributed by atoms with Gasteiger partial charge in [0.05, 0.1) is 11.7 Å². The van der Waals surface area contributed by atoms with Gasteiger partial charge in [0.25, 0.3) is 5.56 Å². The molecule has 4 rings (SSSR count). The Hall–Kier alpha value is -2.47. The van der Waals surface area contributed by atoms with E-state index in [1.54, 1.807) is 4.57 Å². The van der Waals surface area contributed by atoms with E-state index < -0.39 is 0 Å². The lowest BCUT2D eigenvalue weighted by molar-refractivity contribution is 0.399. The van der Waals surface area contributed by atoms with Crippen LogP contribution in [0.2, 0.25) is 0 Å². The van der Waals surface area contributed by atoms with Crippen LogP contribution in [0.1, 0.15) is 42.9 Å². The number of nitrogens with one attached hydrogen (secondary N) is 2. The Balaban J connectivity index is 1.84. The van der Waals surface area contributed by atoms with Crippen LogP contribution < -0.4 is 10.9 Å². The van der Waals surface area contributed by atoms with E-state index in [1.165, 1.54) is 5.56 Å². The van der Waals surface area contributed by atoms with Crippen molar-refractivity contribution in [2.75, 3.05) is 6.54 Å². The summed E-state index contributed by atoms with van der Waals surface area (Å²) < 4.78 is 1.78. The number of aromatic amines is 1. The van der Waals surface area contributed by atoms with Crippen LogP contribution in [0.5, 0.6) is 0 Å². The fourth-order valence-corrected chi connectivity index (χ4v) is 3.36. The van der Waals surface area contributed by atoms with Crippen molar-refractivity contribution in [3.63, 3.8) is 0 Å². The van der Waals surface area contributed by atoms with Crippen LogP contribution in [0.25, 0.3) is 11.0 Å². The zero-order valence-electron chi connectivity index (χ0n) is 13.9. The molecular weight excluding hydrogens is 302 g/mol. The van der Waals surface area contributed by atoms with Crippen molar-refractivity contribution >= 4 is 11.0 Å². The third-order valence-electron chi connectivity index (χ3n) is 4.62. The van der Waals surface area contributed by atoms with Gasteiger partial charge in [-0.2, -0.15) is 5.10 Å². The number of fused-ring (bicyclic) bond motifs is 2. The highest BCUT2D eigenvalue weighted by Gasteiger charge is 2.26. The molecule has 24 heavy (non-hydrogen) atoms. The second kappa shape index (κ2) is 5.87. The van der Waals surface area contributed by atoms with Crippen LogP contribution in [-0.2, 0) is 13.0 Å². The van der Waals surface area contributed by atoms with E-state index in [0.717, 1.165) is 24.5 Å². The Morgan fingerprint density at radius 1 is 1.25 bits per heavy atom. The summed E-state index contributed by atoms with van der Waals surface area (Å²) in [6, 6.07) is 10.3. The summed E-state index contributed by atoms with van der Waals surface area (Å²) in [7, 11) is 0. The molecule has 3 heterocycles. The predicted molar refractivity (Wildman–Crippen MR) is 93.1 cm³/mol. The molecule has 1 aliphatic rings. The number of rotatable bonds is 3. The number of aromatic nitrogens is 4. The van der Waals surface area contributed by atoms with Gasteiger partial charge in [-0.3, -0.25) is 14.5 Å².